The first kappa shape index (κ1) is 9.43. The van der Waals surface area contributed by atoms with Gasteiger partial charge in [-0.25, -0.2) is 4.98 Å². The van der Waals surface area contributed by atoms with Gasteiger partial charge in [0.2, 0.25) is 0 Å². The average molecular weight is 230 g/mol. The van der Waals surface area contributed by atoms with Crippen molar-refractivity contribution in [3.05, 3.63) is 53.8 Å². The fourth-order valence-electron chi connectivity index (χ4n) is 1.67. The summed E-state index contributed by atoms with van der Waals surface area (Å²) in [5, 5.41) is 0.592. The third-order valence-electron chi connectivity index (χ3n) is 2.44. The molecule has 0 unspecified atom stereocenters. The predicted molar refractivity (Wildman–Crippen MR) is 64.5 cm³/mol. The van der Waals surface area contributed by atoms with Crippen molar-refractivity contribution in [2.24, 2.45) is 0 Å². The Labute approximate surface area is 97.5 Å². The Kier molecular flexibility index (Phi) is 2.15. The third kappa shape index (κ3) is 1.48. The number of nitrogens with zero attached hydrogens (tertiary/aromatic N) is 1. The minimum absolute atomic E-state index is 0.592. The highest BCUT2D eigenvalue weighted by atomic mass is 35.5. The quantitative estimate of drug-likeness (QED) is 0.627. The Balaban J connectivity index is 2.25. The molecule has 0 fully saturated rings. The highest BCUT2D eigenvalue weighted by Crippen LogP contribution is 2.28. The van der Waals surface area contributed by atoms with Gasteiger partial charge in [0, 0.05) is 11.6 Å². The van der Waals surface area contributed by atoms with Gasteiger partial charge in [0.1, 0.15) is 5.52 Å². The van der Waals surface area contributed by atoms with Gasteiger partial charge in [-0.3, -0.25) is 0 Å². The number of pyridine rings is 1. The second-order valence-electron chi connectivity index (χ2n) is 3.49. The summed E-state index contributed by atoms with van der Waals surface area (Å²) < 4.78 is 5.25. The number of fused-ring (bicyclic) bond motifs is 1. The molecule has 0 amide bonds. The van der Waals surface area contributed by atoms with Crippen LogP contribution in [0.2, 0.25) is 5.02 Å². The van der Waals surface area contributed by atoms with Crippen molar-refractivity contribution in [2.45, 2.75) is 0 Å². The summed E-state index contributed by atoms with van der Waals surface area (Å²) in [7, 11) is 0. The van der Waals surface area contributed by atoms with E-state index < -0.39 is 0 Å². The van der Waals surface area contributed by atoms with Gasteiger partial charge in [0.25, 0.3) is 0 Å². The van der Waals surface area contributed by atoms with Crippen LogP contribution in [0.1, 0.15) is 0 Å². The molecule has 3 rings (SSSR count). The van der Waals surface area contributed by atoms with Crippen LogP contribution in [0, 0.1) is 0 Å². The number of aromatic nitrogens is 1. The summed E-state index contributed by atoms with van der Waals surface area (Å²) in [6.07, 6.45) is 1.60. The lowest BCUT2D eigenvalue weighted by Gasteiger charge is -2.01. The summed E-state index contributed by atoms with van der Waals surface area (Å²) in [5.41, 5.74) is 3.33. The van der Waals surface area contributed by atoms with E-state index in [1.165, 1.54) is 0 Å². The normalized spacial score (nSPS) is 10.8. The first-order chi connectivity index (χ1) is 7.84. The molecule has 0 saturated carbocycles. The Morgan fingerprint density at radius 2 is 1.88 bits per heavy atom. The van der Waals surface area contributed by atoms with Crippen LogP contribution in [0.5, 0.6) is 0 Å². The van der Waals surface area contributed by atoms with E-state index in [2.05, 4.69) is 4.98 Å². The predicted octanol–water partition coefficient (Wildman–Crippen LogP) is 4.15. The Morgan fingerprint density at radius 3 is 2.69 bits per heavy atom. The van der Waals surface area contributed by atoms with Crippen molar-refractivity contribution in [3.8, 4) is 11.3 Å². The lowest BCUT2D eigenvalue weighted by Crippen LogP contribution is -1.83. The van der Waals surface area contributed by atoms with Gasteiger partial charge in [-0.05, 0) is 6.07 Å². The lowest BCUT2D eigenvalue weighted by molar-refractivity contribution is 0.615. The van der Waals surface area contributed by atoms with Gasteiger partial charge in [0.15, 0.2) is 5.58 Å². The topological polar surface area (TPSA) is 26.0 Å². The maximum Gasteiger partial charge on any atom is 0.170 e. The molecule has 0 aliphatic carbocycles. The van der Waals surface area contributed by atoms with Crippen molar-refractivity contribution in [2.75, 3.05) is 0 Å². The summed E-state index contributed by atoms with van der Waals surface area (Å²) in [4.78, 5) is 4.49. The van der Waals surface area contributed by atoms with Gasteiger partial charge in [-0.1, -0.05) is 41.9 Å². The molecule has 0 spiro atoms. The molecule has 3 aromatic rings. The van der Waals surface area contributed by atoms with E-state index in [4.69, 9.17) is 16.0 Å². The van der Waals surface area contributed by atoms with Crippen molar-refractivity contribution in [1.29, 1.82) is 0 Å². The van der Waals surface area contributed by atoms with E-state index >= 15 is 0 Å². The molecule has 0 bridgehead atoms. The summed E-state index contributed by atoms with van der Waals surface area (Å²) in [5.74, 6) is 0. The van der Waals surface area contributed by atoms with Crippen molar-refractivity contribution in [1.82, 2.24) is 4.98 Å². The summed E-state index contributed by atoms with van der Waals surface area (Å²) in [6.45, 7) is 0. The zero-order valence-corrected chi connectivity index (χ0v) is 9.11. The molecular formula is C13H8ClNO. The second kappa shape index (κ2) is 3.65. The monoisotopic (exact) mass is 229 g/mol. The second-order valence-corrected chi connectivity index (χ2v) is 3.90. The van der Waals surface area contributed by atoms with Crippen LogP contribution >= 0.6 is 11.6 Å². The Morgan fingerprint density at radius 1 is 1.06 bits per heavy atom. The van der Waals surface area contributed by atoms with Crippen LogP contribution in [-0.4, -0.2) is 4.98 Å². The van der Waals surface area contributed by atoms with E-state index in [0.29, 0.717) is 10.6 Å². The van der Waals surface area contributed by atoms with Gasteiger partial charge in [0.05, 0.1) is 17.0 Å². The molecule has 2 nitrogen and oxygen atoms in total. The molecule has 0 radical (unpaired) electrons. The highest BCUT2D eigenvalue weighted by molar-refractivity contribution is 6.34. The fourth-order valence-corrected chi connectivity index (χ4v) is 1.92. The zero-order chi connectivity index (χ0) is 11.0. The van der Waals surface area contributed by atoms with Crippen molar-refractivity contribution < 1.29 is 4.42 Å². The summed E-state index contributed by atoms with van der Waals surface area (Å²) >= 11 is 6.12. The SMILES string of the molecule is Clc1cc(-c2ccccc2)nc2ccoc12. The number of benzene rings is 1. The van der Waals surface area contributed by atoms with E-state index in [-0.39, 0.29) is 0 Å². The molecular weight excluding hydrogens is 222 g/mol. The molecule has 0 N–H and O–H groups in total. The molecule has 16 heavy (non-hydrogen) atoms. The Hall–Kier alpha value is -1.80. The molecule has 2 heterocycles. The maximum atomic E-state index is 6.12. The molecule has 0 atom stereocenters. The minimum atomic E-state index is 0.592. The van der Waals surface area contributed by atoms with Gasteiger partial charge in [-0.15, -0.1) is 0 Å². The highest BCUT2D eigenvalue weighted by Gasteiger charge is 2.07. The number of hydrogen-bond acceptors (Lipinski definition) is 2. The van der Waals surface area contributed by atoms with Gasteiger partial charge >= 0.3 is 0 Å². The van der Waals surface area contributed by atoms with Crippen LogP contribution in [0.25, 0.3) is 22.4 Å². The average Bonchev–Trinajstić information content (AvgIpc) is 2.79. The first-order valence-corrected chi connectivity index (χ1v) is 5.31. The van der Waals surface area contributed by atoms with Crippen LogP contribution in [0.15, 0.2) is 53.1 Å². The largest absolute Gasteiger partial charge is 0.461 e. The van der Waals surface area contributed by atoms with Gasteiger partial charge < -0.3 is 4.42 Å². The number of hydrogen-bond donors (Lipinski definition) is 0. The Bertz CT molecular complexity index is 631. The van der Waals surface area contributed by atoms with Crippen LogP contribution < -0.4 is 0 Å². The van der Waals surface area contributed by atoms with Crippen LogP contribution in [0.3, 0.4) is 0 Å². The lowest BCUT2D eigenvalue weighted by atomic mass is 10.1. The van der Waals surface area contributed by atoms with Crippen LogP contribution in [0.4, 0.5) is 0 Å². The van der Waals surface area contributed by atoms with E-state index in [0.717, 1.165) is 16.8 Å². The number of furan rings is 1. The van der Waals surface area contributed by atoms with Crippen molar-refractivity contribution >= 4 is 22.7 Å². The molecule has 0 aliphatic rings. The smallest absolute Gasteiger partial charge is 0.170 e. The van der Waals surface area contributed by atoms with E-state index in [1.807, 2.05) is 42.5 Å². The standard InChI is InChI=1S/C13H8ClNO/c14-10-8-12(9-4-2-1-3-5-9)15-11-6-7-16-13(10)11/h1-8H. The molecule has 0 saturated heterocycles. The molecule has 78 valence electrons. The third-order valence-corrected chi connectivity index (χ3v) is 2.72. The molecule has 3 heteroatoms. The van der Waals surface area contributed by atoms with Crippen molar-refractivity contribution in [3.63, 3.8) is 0 Å². The number of rotatable bonds is 1. The van der Waals surface area contributed by atoms with Crippen LogP contribution in [-0.2, 0) is 0 Å². The molecule has 1 aromatic carbocycles. The summed E-state index contributed by atoms with van der Waals surface area (Å²) in [6, 6.07) is 13.6. The zero-order valence-electron chi connectivity index (χ0n) is 8.35. The number of halogens is 1. The van der Waals surface area contributed by atoms with Gasteiger partial charge in [-0.2, -0.15) is 0 Å². The van der Waals surface area contributed by atoms with E-state index in [1.54, 1.807) is 6.26 Å². The minimum Gasteiger partial charge on any atom is -0.461 e. The molecule has 0 aliphatic heterocycles. The fraction of sp³-hybridized carbons (Fsp3) is 0. The molecule has 2 aromatic heterocycles. The van der Waals surface area contributed by atoms with E-state index in [9.17, 15) is 0 Å². The maximum absolute atomic E-state index is 6.12. The first-order valence-electron chi connectivity index (χ1n) is 4.94.